The largest absolute Gasteiger partial charge is 0.506 e. The highest BCUT2D eigenvalue weighted by Gasteiger charge is 2.31. The average molecular weight is 457 g/mol. The lowest BCUT2D eigenvalue weighted by atomic mass is 10.0. The van der Waals surface area contributed by atoms with Gasteiger partial charge in [-0.05, 0) is 62.9 Å². The summed E-state index contributed by atoms with van der Waals surface area (Å²) in [5.74, 6) is 0.0733. The van der Waals surface area contributed by atoms with Crippen molar-refractivity contribution in [2.24, 2.45) is 5.73 Å². The predicted octanol–water partition coefficient (Wildman–Crippen LogP) is 3.55. The van der Waals surface area contributed by atoms with E-state index in [1.807, 2.05) is 45.2 Å². The van der Waals surface area contributed by atoms with E-state index in [4.69, 9.17) is 5.73 Å². The minimum absolute atomic E-state index is 0.0733. The first-order valence-electron chi connectivity index (χ1n) is 4.21. The lowest BCUT2D eigenvalue weighted by Crippen LogP contribution is -2.20. The molecular formula is C9H8F3I2NO. The maximum atomic E-state index is 12.1. The first-order valence-corrected chi connectivity index (χ1v) is 6.36. The van der Waals surface area contributed by atoms with Gasteiger partial charge in [0.1, 0.15) is 5.75 Å². The molecular weight excluding hydrogens is 449 g/mol. The summed E-state index contributed by atoms with van der Waals surface area (Å²) in [5.41, 5.74) is 5.84. The van der Waals surface area contributed by atoms with Crippen LogP contribution in [-0.4, -0.2) is 11.3 Å². The average Bonchev–Trinajstić information content (AvgIpc) is 2.10. The van der Waals surface area contributed by atoms with Crippen molar-refractivity contribution in [2.75, 3.05) is 0 Å². The van der Waals surface area contributed by atoms with Gasteiger partial charge in [-0.1, -0.05) is 0 Å². The molecule has 1 aromatic carbocycles. The molecule has 0 spiro atoms. The van der Waals surface area contributed by atoms with Crippen molar-refractivity contribution in [1.29, 1.82) is 0 Å². The highest BCUT2D eigenvalue weighted by molar-refractivity contribution is 14.1. The van der Waals surface area contributed by atoms with Crippen LogP contribution < -0.4 is 5.73 Å². The molecule has 0 heterocycles. The summed E-state index contributed by atoms with van der Waals surface area (Å²) in [6.45, 7) is 0. The Balaban J connectivity index is 2.97. The lowest BCUT2D eigenvalue weighted by molar-refractivity contribution is -0.138. The fourth-order valence-electron chi connectivity index (χ4n) is 1.17. The molecule has 0 aliphatic carbocycles. The van der Waals surface area contributed by atoms with Crippen LogP contribution in [0.4, 0.5) is 13.2 Å². The van der Waals surface area contributed by atoms with Crippen LogP contribution in [0.25, 0.3) is 0 Å². The second kappa shape index (κ2) is 5.25. The van der Waals surface area contributed by atoms with Gasteiger partial charge < -0.3 is 10.8 Å². The van der Waals surface area contributed by atoms with Crippen LogP contribution in [0.5, 0.6) is 5.75 Å². The Hall–Kier alpha value is 0.230. The Kier molecular flexibility index (Phi) is 4.69. The second-order valence-electron chi connectivity index (χ2n) is 3.26. The number of phenols is 1. The van der Waals surface area contributed by atoms with E-state index in [9.17, 15) is 18.3 Å². The molecule has 0 fully saturated rings. The Labute approximate surface area is 118 Å². The quantitative estimate of drug-likeness (QED) is 0.668. The van der Waals surface area contributed by atoms with E-state index in [0.29, 0.717) is 12.7 Å². The molecule has 0 saturated carbocycles. The molecule has 0 aliphatic rings. The minimum Gasteiger partial charge on any atom is -0.506 e. The summed E-state index contributed by atoms with van der Waals surface area (Å²) in [6.07, 6.45) is -5.35. The van der Waals surface area contributed by atoms with E-state index in [-0.39, 0.29) is 5.75 Å². The first kappa shape index (κ1) is 14.3. The van der Waals surface area contributed by atoms with Crippen molar-refractivity contribution in [3.63, 3.8) is 0 Å². The summed E-state index contributed by atoms with van der Waals surface area (Å²) in [5, 5.41) is 9.47. The zero-order valence-electron chi connectivity index (χ0n) is 7.85. The highest BCUT2D eigenvalue weighted by Crippen LogP contribution is 2.33. The highest BCUT2D eigenvalue weighted by atomic mass is 127. The number of alkyl halides is 3. The number of aromatic hydroxyl groups is 1. The van der Waals surface area contributed by atoms with Gasteiger partial charge in [0.2, 0.25) is 0 Å². The number of nitrogens with two attached hydrogens (primary N) is 1. The van der Waals surface area contributed by atoms with Crippen molar-refractivity contribution in [2.45, 2.75) is 18.6 Å². The van der Waals surface area contributed by atoms with Gasteiger partial charge in [-0.2, -0.15) is 13.2 Å². The third-order valence-corrected chi connectivity index (χ3v) is 3.56. The second-order valence-corrected chi connectivity index (χ2v) is 5.58. The van der Waals surface area contributed by atoms with Crippen LogP contribution in [0.3, 0.4) is 0 Å². The van der Waals surface area contributed by atoms with Gasteiger partial charge in [0, 0.05) is 6.04 Å². The zero-order valence-corrected chi connectivity index (χ0v) is 12.2. The Morgan fingerprint density at radius 3 is 2.06 bits per heavy atom. The fourth-order valence-corrected chi connectivity index (χ4v) is 2.98. The predicted molar refractivity (Wildman–Crippen MR) is 71.1 cm³/mol. The van der Waals surface area contributed by atoms with E-state index >= 15 is 0 Å². The van der Waals surface area contributed by atoms with Crippen molar-refractivity contribution < 1.29 is 18.3 Å². The molecule has 0 aromatic heterocycles. The number of hydrogen-bond acceptors (Lipinski definition) is 2. The van der Waals surface area contributed by atoms with Gasteiger partial charge in [0.05, 0.1) is 13.6 Å². The van der Waals surface area contributed by atoms with Crippen molar-refractivity contribution in [3.8, 4) is 5.75 Å². The van der Waals surface area contributed by atoms with Gasteiger partial charge in [0.15, 0.2) is 0 Å². The van der Waals surface area contributed by atoms with Crippen LogP contribution in [-0.2, 0) is 0 Å². The number of rotatable bonds is 2. The van der Waals surface area contributed by atoms with Crippen LogP contribution in [0.1, 0.15) is 18.0 Å². The Bertz CT molecular complexity index is 372. The van der Waals surface area contributed by atoms with Crippen molar-refractivity contribution in [1.82, 2.24) is 0 Å². The molecule has 0 aliphatic heterocycles. The molecule has 16 heavy (non-hydrogen) atoms. The molecule has 0 unspecified atom stereocenters. The van der Waals surface area contributed by atoms with E-state index in [0.717, 1.165) is 0 Å². The molecule has 0 saturated heterocycles. The molecule has 3 N–H and O–H groups in total. The molecule has 1 rings (SSSR count). The van der Waals surface area contributed by atoms with Gasteiger partial charge >= 0.3 is 6.18 Å². The molecule has 7 heteroatoms. The summed E-state index contributed by atoms with van der Waals surface area (Å²) >= 11 is 3.71. The molecule has 1 atom stereocenters. The molecule has 0 bridgehead atoms. The Morgan fingerprint density at radius 1 is 1.25 bits per heavy atom. The van der Waals surface area contributed by atoms with Crippen LogP contribution in [0.2, 0.25) is 0 Å². The van der Waals surface area contributed by atoms with E-state index in [1.165, 1.54) is 12.1 Å². The molecule has 0 radical (unpaired) electrons. The van der Waals surface area contributed by atoms with Crippen molar-refractivity contribution >= 4 is 45.2 Å². The number of halogens is 5. The third kappa shape index (κ3) is 3.91. The standard InChI is InChI=1S/C9H8F3I2NO/c10-9(11,12)3-7(15)4-1-5(13)8(16)6(14)2-4/h1-2,7,16H,3,15H2/t7-/m0/s1. The topological polar surface area (TPSA) is 46.2 Å². The molecule has 1 aromatic rings. The first-order chi connectivity index (χ1) is 7.20. The monoisotopic (exact) mass is 457 g/mol. The van der Waals surface area contributed by atoms with Crippen LogP contribution in [0.15, 0.2) is 12.1 Å². The molecule has 2 nitrogen and oxygen atoms in total. The summed E-state index contributed by atoms with van der Waals surface area (Å²) in [7, 11) is 0. The number of phenolic OH excluding ortho intramolecular Hbond substituents is 1. The molecule has 90 valence electrons. The van der Waals surface area contributed by atoms with Crippen LogP contribution in [0, 0.1) is 7.14 Å². The van der Waals surface area contributed by atoms with Gasteiger partial charge in [-0.25, -0.2) is 0 Å². The van der Waals surface area contributed by atoms with Gasteiger partial charge in [-0.15, -0.1) is 0 Å². The third-order valence-electron chi connectivity index (χ3n) is 1.92. The van der Waals surface area contributed by atoms with E-state index in [1.54, 1.807) is 0 Å². The van der Waals surface area contributed by atoms with Crippen molar-refractivity contribution in [3.05, 3.63) is 24.8 Å². The fraction of sp³-hybridized carbons (Fsp3) is 0.333. The maximum absolute atomic E-state index is 12.1. The maximum Gasteiger partial charge on any atom is 0.390 e. The lowest BCUT2D eigenvalue weighted by Gasteiger charge is -2.15. The van der Waals surface area contributed by atoms with E-state index in [2.05, 4.69) is 0 Å². The van der Waals surface area contributed by atoms with Crippen LogP contribution >= 0.6 is 45.2 Å². The van der Waals surface area contributed by atoms with Gasteiger partial charge in [-0.3, -0.25) is 0 Å². The smallest absolute Gasteiger partial charge is 0.390 e. The Morgan fingerprint density at radius 2 is 1.69 bits per heavy atom. The number of benzene rings is 1. The molecule has 0 amide bonds. The number of hydrogen-bond donors (Lipinski definition) is 2. The summed E-state index contributed by atoms with van der Waals surface area (Å²) in [6, 6.07) is 1.84. The SMILES string of the molecule is N[C@@H](CC(F)(F)F)c1cc(I)c(O)c(I)c1. The summed E-state index contributed by atoms with van der Waals surface area (Å²) in [4.78, 5) is 0. The zero-order chi connectivity index (χ0) is 12.5. The van der Waals surface area contributed by atoms with Gasteiger partial charge in [0.25, 0.3) is 0 Å². The minimum atomic E-state index is -4.28. The normalized spacial score (nSPS) is 13.9. The summed E-state index contributed by atoms with van der Waals surface area (Å²) < 4.78 is 37.4. The van der Waals surface area contributed by atoms with E-state index < -0.39 is 18.6 Å².